The molecule has 2 saturated heterocycles. The van der Waals surface area contributed by atoms with Gasteiger partial charge in [-0.3, -0.25) is 9.59 Å². The number of hydrogen-bond donors (Lipinski definition) is 0. The van der Waals surface area contributed by atoms with E-state index in [1.807, 2.05) is 30.3 Å². The molecule has 2 aliphatic rings. The molecule has 0 spiro atoms. The van der Waals surface area contributed by atoms with Crippen molar-refractivity contribution in [1.29, 1.82) is 0 Å². The van der Waals surface area contributed by atoms with E-state index in [1.54, 1.807) is 9.80 Å². The molecule has 0 bridgehead atoms. The van der Waals surface area contributed by atoms with Crippen LogP contribution < -0.4 is 4.74 Å². The molecule has 23 heavy (non-hydrogen) atoms. The molecule has 0 aliphatic carbocycles. The number of benzene rings is 1. The van der Waals surface area contributed by atoms with Gasteiger partial charge in [0.2, 0.25) is 11.8 Å². The molecular formula is C17H22N2O4. The summed E-state index contributed by atoms with van der Waals surface area (Å²) in [6, 6.07) is 9.07. The second kappa shape index (κ2) is 7.00. The van der Waals surface area contributed by atoms with Gasteiger partial charge in [-0.2, -0.15) is 0 Å². The number of nitrogens with zero attached hydrogens (tertiary/aromatic N) is 2. The predicted octanol–water partition coefficient (Wildman–Crippen LogP) is 0.914. The van der Waals surface area contributed by atoms with Crippen LogP contribution in [0, 0.1) is 0 Å². The lowest BCUT2D eigenvalue weighted by Gasteiger charge is -2.31. The van der Waals surface area contributed by atoms with Gasteiger partial charge >= 0.3 is 0 Å². The van der Waals surface area contributed by atoms with Crippen molar-refractivity contribution in [1.82, 2.24) is 9.80 Å². The smallest absolute Gasteiger partial charge is 0.245 e. The molecule has 6 nitrogen and oxygen atoms in total. The van der Waals surface area contributed by atoms with Gasteiger partial charge in [0.1, 0.15) is 17.9 Å². The molecule has 124 valence electrons. The molecule has 0 saturated carbocycles. The topological polar surface area (TPSA) is 59.1 Å². The zero-order valence-corrected chi connectivity index (χ0v) is 13.3. The third-order valence-electron chi connectivity index (χ3n) is 4.32. The molecule has 0 N–H and O–H groups in total. The quantitative estimate of drug-likeness (QED) is 0.831. The van der Waals surface area contributed by atoms with E-state index in [2.05, 4.69) is 0 Å². The first-order chi connectivity index (χ1) is 11.1. The zero-order chi connectivity index (χ0) is 16.2. The standard InChI is InChI=1S/C17H22N2O4/c1-13(20)19-12-15(23-14-5-3-2-4-6-14)11-16(19)17(21)18-7-9-22-10-8-18/h2-6,15-16H,7-12H2,1H3/t15-,16-/m0/s1. The summed E-state index contributed by atoms with van der Waals surface area (Å²) in [7, 11) is 0. The first-order valence-electron chi connectivity index (χ1n) is 8.00. The number of hydrogen-bond acceptors (Lipinski definition) is 4. The van der Waals surface area contributed by atoms with Crippen LogP contribution in [0.2, 0.25) is 0 Å². The van der Waals surface area contributed by atoms with Crippen LogP contribution in [0.1, 0.15) is 13.3 Å². The second-order valence-electron chi connectivity index (χ2n) is 5.91. The first kappa shape index (κ1) is 15.8. The van der Waals surface area contributed by atoms with E-state index in [1.165, 1.54) is 6.92 Å². The predicted molar refractivity (Wildman–Crippen MR) is 84.0 cm³/mol. The summed E-state index contributed by atoms with van der Waals surface area (Å²) in [4.78, 5) is 28.1. The first-order valence-corrected chi connectivity index (χ1v) is 8.00. The van der Waals surface area contributed by atoms with Crippen molar-refractivity contribution < 1.29 is 19.1 Å². The lowest BCUT2D eigenvalue weighted by Crippen LogP contribution is -2.50. The van der Waals surface area contributed by atoms with Crippen molar-refractivity contribution in [2.24, 2.45) is 0 Å². The van der Waals surface area contributed by atoms with Gasteiger partial charge in [-0.15, -0.1) is 0 Å². The minimum Gasteiger partial charge on any atom is -0.488 e. The van der Waals surface area contributed by atoms with E-state index in [0.29, 0.717) is 39.3 Å². The van der Waals surface area contributed by atoms with Crippen molar-refractivity contribution in [3.05, 3.63) is 30.3 Å². The minimum atomic E-state index is -0.431. The Labute approximate surface area is 136 Å². The van der Waals surface area contributed by atoms with Crippen molar-refractivity contribution in [3.63, 3.8) is 0 Å². The van der Waals surface area contributed by atoms with Crippen LogP contribution in [0.25, 0.3) is 0 Å². The molecule has 2 heterocycles. The highest BCUT2D eigenvalue weighted by molar-refractivity contribution is 5.87. The van der Waals surface area contributed by atoms with E-state index in [4.69, 9.17) is 9.47 Å². The molecular weight excluding hydrogens is 296 g/mol. The molecule has 0 unspecified atom stereocenters. The Morgan fingerprint density at radius 2 is 1.87 bits per heavy atom. The molecule has 2 amide bonds. The highest BCUT2D eigenvalue weighted by Gasteiger charge is 2.41. The average molecular weight is 318 g/mol. The molecule has 2 fully saturated rings. The zero-order valence-electron chi connectivity index (χ0n) is 13.3. The Morgan fingerprint density at radius 3 is 2.52 bits per heavy atom. The monoisotopic (exact) mass is 318 g/mol. The van der Waals surface area contributed by atoms with Crippen LogP contribution in [-0.2, 0) is 14.3 Å². The van der Waals surface area contributed by atoms with Gasteiger partial charge in [0, 0.05) is 26.4 Å². The third kappa shape index (κ3) is 3.64. The molecule has 2 atom stereocenters. The third-order valence-corrected chi connectivity index (χ3v) is 4.32. The average Bonchev–Trinajstić information content (AvgIpc) is 3.00. The van der Waals surface area contributed by atoms with Crippen molar-refractivity contribution in [2.75, 3.05) is 32.8 Å². The fourth-order valence-electron chi connectivity index (χ4n) is 3.15. The molecule has 3 rings (SSSR count). The van der Waals surface area contributed by atoms with Crippen LogP contribution >= 0.6 is 0 Å². The van der Waals surface area contributed by atoms with Crippen LogP contribution in [0.3, 0.4) is 0 Å². The summed E-state index contributed by atoms with van der Waals surface area (Å²) in [6.07, 6.45) is 0.376. The number of morpholine rings is 1. The van der Waals surface area contributed by atoms with Gasteiger partial charge in [-0.1, -0.05) is 18.2 Å². The van der Waals surface area contributed by atoms with Crippen molar-refractivity contribution in [2.45, 2.75) is 25.5 Å². The van der Waals surface area contributed by atoms with E-state index >= 15 is 0 Å². The van der Waals surface area contributed by atoms with E-state index in [0.717, 1.165) is 5.75 Å². The number of rotatable bonds is 3. The fourth-order valence-corrected chi connectivity index (χ4v) is 3.15. The van der Waals surface area contributed by atoms with Gasteiger partial charge in [0.25, 0.3) is 0 Å². The fraction of sp³-hybridized carbons (Fsp3) is 0.529. The summed E-state index contributed by atoms with van der Waals surface area (Å²) < 4.78 is 11.2. The van der Waals surface area contributed by atoms with Crippen LogP contribution in [0.5, 0.6) is 5.75 Å². The summed E-state index contributed by atoms with van der Waals surface area (Å²) in [5.74, 6) is 0.680. The van der Waals surface area contributed by atoms with Crippen LogP contribution in [0.15, 0.2) is 30.3 Å². The molecule has 0 aromatic heterocycles. The SMILES string of the molecule is CC(=O)N1C[C@@H](Oc2ccccc2)C[C@H]1C(=O)N1CCOCC1. The number of amides is 2. The Morgan fingerprint density at radius 1 is 1.17 bits per heavy atom. The number of para-hydroxylation sites is 1. The van der Waals surface area contributed by atoms with E-state index in [-0.39, 0.29) is 17.9 Å². The maximum absolute atomic E-state index is 12.7. The number of ether oxygens (including phenoxy) is 2. The van der Waals surface area contributed by atoms with Gasteiger partial charge in [0.05, 0.1) is 19.8 Å². The van der Waals surface area contributed by atoms with Gasteiger partial charge < -0.3 is 19.3 Å². The normalized spacial score (nSPS) is 24.6. The molecule has 1 aromatic rings. The Kier molecular flexibility index (Phi) is 4.81. The van der Waals surface area contributed by atoms with Crippen LogP contribution in [0.4, 0.5) is 0 Å². The van der Waals surface area contributed by atoms with Crippen molar-refractivity contribution >= 4 is 11.8 Å². The minimum absolute atomic E-state index is 0.00246. The summed E-state index contributed by atoms with van der Waals surface area (Å²) in [5.41, 5.74) is 0. The lowest BCUT2D eigenvalue weighted by atomic mass is 10.1. The number of carbonyl (C=O) groups excluding carboxylic acids is 2. The summed E-state index contributed by atoms with van der Waals surface area (Å²) in [6.45, 7) is 4.25. The van der Waals surface area contributed by atoms with E-state index in [9.17, 15) is 9.59 Å². The number of likely N-dealkylation sites (tertiary alicyclic amines) is 1. The highest BCUT2D eigenvalue weighted by Crippen LogP contribution is 2.24. The largest absolute Gasteiger partial charge is 0.488 e. The summed E-state index contributed by atoms with van der Waals surface area (Å²) in [5, 5.41) is 0. The van der Waals surface area contributed by atoms with Crippen molar-refractivity contribution in [3.8, 4) is 5.75 Å². The maximum atomic E-state index is 12.7. The molecule has 1 aromatic carbocycles. The summed E-state index contributed by atoms with van der Waals surface area (Å²) >= 11 is 0. The van der Waals surface area contributed by atoms with Crippen LogP contribution in [-0.4, -0.2) is 66.6 Å². The molecule has 6 heteroatoms. The lowest BCUT2D eigenvalue weighted by molar-refractivity contribution is -0.145. The number of carbonyl (C=O) groups is 2. The molecule has 0 radical (unpaired) electrons. The Balaban J connectivity index is 1.68. The van der Waals surface area contributed by atoms with Gasteiger partial charge in [-0.05, 0) is 12.1 Å². The molecule has 2 aliphatic heterocycles. The van der Waals surface area contributed by atoms with Gasteiger partial charge in [-0.25, -0.2) is 0 Å². The second-order valence-corrected chi connectivity index (χ2v) is 5.91. The van der Waals surface area contributed by atoms with E-state index < -0.39 is 6.04 Å². The Bertz CT molecular complexity index is 557. The maximum Gasteiger partial charge on any atom is 0.245 e. The van der Waals surface area contributed by atoms with Gasteiger partial charge in [0.15, 0.2) is 0 Å². The highest BCUT2D eigenvalue weighted by atomic mass is 16.5. The Hall–Kier alpha value is -2.08.